The Labute approximate surface area is 79.1 Å². The Kier molecular flexibility index (Phi) is 6.25. The Morgan fingerprint density at radius 3 is 2.09 bits per heavy atom. The van der Waals surface area contributed by atoms with E-state index in [-0.39, 0.29) is 0 Å². The van der Waals surface area contributed by atoms with E-state index in [0.29, 0.717) is 18.0 Å². The highest BCUT2D eigenvalue weighted by Gasteiger charge is 2.12. The molecule has 0 aromatic heterocycles. The van der Waals surface area contributed by atoms with Gasteiger partial charge >= 0.3 is 0 Å². The summed E-state index contributed by atoms with van der Waals surface area (Å²) < 4.78 is 0. The molecule has 0 aliphatic carbocycles. The van der Waals surface area contributed by atoms with Gasteiger partial charge in [0.25, 0.3) is 0 Å². The zero-order chi connectivity index (χ0) is 8.85. The second-order valence-corrected chi connectivity index (χ2v) is 4.13. The molecule has 0 aliphatic heterocycles. The molecule has 2 unspecified atom stereocenters. The molecule has 0 radical (unpaired) electrons. The molecule has 0 spiro atoms. The topological polar surface area (TPSA) is 12.0 Å². The summed E-state index contributed by atoms with van der Waals surface area (Å²) in [5.74, 6) is 0.711. The van der Waals surface area contributed by atoms with Crippen molar-refractivity contribution in [1.82, 2.24) is 5.32 Å². The quantitative estimate of drug-likeness (QED) is 0.705. The van der Waals surface area contributed by atoms with Crippen LogP contribution in [0.15, 0.2) is 0 Å². The lowest BCUT2D eigenvalue weighted by Gasteiger charge is -2.23. The van der Waals surface area contributed by atoms with Gasteiger partial charge in [0.2, 0.25) is 0 Å². The van der Waals surface area contributed by atoms with Crippen molar-refractivity contribution in [3.8, 4) is 0 Å². The molecule has 0 amide bonds. The summed E-state index contributed by atoms with van der Waals surface area (Å²) in [4.78, 5) is 0. The molecule has 0 fully saturated rings. The molecular formula is C9H20BrN. The van der Waals surface area contributed by atoms with E-state index in [2.05, 4.69) is 48.9 Å². The van der Waals surface area contributed by atoms with Crippen molar-refractivity contribution in [2.75, 3.05) is 5.33 Å². The largest absolute Gasteiger partial charge is 0.310 e. The van der Waals surface area contributed by atoms with Gasteiger partial charge in [0.15, 0.2) is 0 Å². The monoisotopic (exact) mass is 221 g/mol. The van der Waals surface area contributed by atoms with Crippen LogP contribution in [0.2, 0.25) is 0 Å². The fourth-order valence-electron chi connectivity index (χ4n) is 0.898. The van der Waals surface area contributed by atoms with Crippen LogP contribution in [0.5, 0.6) is 0 Å². The molecule has 1 N–H and O–H groups in total. The van der Waals surface area contributed by atoms with Gasteiger partial charge in [0, 0.05) is 17.4 Å². The van der Waals surface area contributed by atoms with Gasteiger partial charge in [0.1, 0.15) is 0 Å². The molecular weight excluding hydrogens is 202 g/mol. The van der Waals surface area contributed by atoms with E-state index < -0.39 is 0 Å². The zero-order valence-corrected chi connectivity index (χ0v) is 9.61. The van der Waals surface area contributed by atoms with E-state index in [1.165, 1.54) is 6.42 Å². The molecule has 11 heavy (non-hydrogen) atoms. The molecule has 2 atom stereocenters. The van der Waals surface area contributed by atoms with Crippen molar-refractivity contribution < 1.29 is 0 Å². The Morgan fingerprint density at radius 1 is 1.27 bits per heavy atom. The predicted octanol–water partition coefficient (Wildman–Crippen LogP) is 2.79. The first-order valence-corrected chi connectivity index (χ1v) is 5.56. The van der Waals surface area contributed by atoms with Crippen LogP contribution in [0, 0.1) is 5.92 Å². The molecule has 68 valence electrons. The van der Waals surface area contributed by atoms with Gasteiger partial charge in [-0.3, -0.25) is 0 Å². The van der Waals surface area contributed by atoms with Gasteiger partial charge < -0.3 is 5.32 Å². The second kappa shape index (κ2) is 6.01. The normalized spacial score (nSPS) is 16.9. The van der Waals surface area contributed by atoms with Crippen LogP contribution in [0.25, 0.3) is 0 Å². The highest BCUT2D eigenvalue weighted by Crippen LogP contribution is 2.06. The Hall–Kier alpha value is 0.440. The third-order valence-corrected chi connectivity index (χ3v) is 2.78. The first-order valence-electron chi connectivity index (χ1n) is 4.43. The number of rotatable bonds is 5. The molecule has 0 saturated heterocycles. The summed E-state index contributed by atoms with van der Waals surface area (Å²) in [5.41, 5.74) is 0. The first kappa shape index (κ1) is 11.4. The van der Waals surface area contributed by atoms with Crippen LogP contribution >= 0.6 is 15.9 Å². The van der Waals surface area contributed by atoms with Crippen LogP contribution in [-0.2, 0) is 0 Å². The van der Waals surface area contributed by atoms with Gasteiger partial charge in [-0.15, -0.1) is 0 Å². The lowest BCUT2D eigenvalue weighted by atomic mass is 10.1. The van der Waals surface area contributed by atoms with E-state index in [9.17, 15) is 0 Å². The third-order valence-electron chi connectivity index (χ3n) is 2.08. The summed E-state index contributed by atoms with van der Waals surface area (Å²) in [5, 5.41) is 4.62. The van der Waals surface area contributed by atoms with Crippen molar-refractivity contribution in [2.24, 2.45) is 5.92 Å². The minimum atomic E-state index is 0.616. The highest BCUT2D eigenvalue weighted by molar-refractivity contribution is 9.09. The van der Waals surface area contributed by atoms with Gasteiger partial charge in [0.05, 0.1) is 0 Å². The van der Waals surface area contributed by atoms with Crippen LogP contribution in [0.4, 0.5) is 0 Å². The molecule has 0 rings (SSSR count). The fraction of sp³-hybridized carbons (Fsp3) is 1.00. The molecule has 0 heterocycles. The standard InChI is InChI=1S/C9H20BrN/c1-5-8(4)11-9(6-10)7(2)3/h7-9,11H,5-6H2,1-4H3. The SMILES string of the molecule is CCC(C)NC(CBr)C(C)C. The summed E-state index contributed by atoms with van der Waals surface area (Å²) in [6.07, 6.45) is 1.20. The number of alkyl halides is 1. The lowest BCUT2D eigenvalue weighted by molar-refractivity contribution is 0.385. The maximum atomic E-state index is 3.57. The average molecular weight is 222 g/mol. The third kappa shape index (κ3) is 4.81. The summed E-state index contributed by atoms with van der Waals surface area (Å²) in [6, 6.07) is 1.25. The Balaban J connectivity index is 3.68. The van der Waals surface area contributed by atoms with Crippen molar-refractivity contribution >= 4 is 15.9 Å². The van der Waals surface area contributed by atoms with E-state index >= 15 is 0 Å². The molecule has 0 saturated carbocycles. The molecule has 0 aromatic carbocycles. The molecule has 0 bridgehead atoms. The van der Waals surface area contributed by atoms with Crippen LogP contribution in [0.3, 0.4) is 0 Å². The average Bonchev–Trinajstić information content (AvgIpc) is 1.99. The second-order valence-electron chi connectivity index (χ2n) is 3.48. The number of nitrogens with one attached hydrogen (secondary N) is 1. The minimum Gasteiger partial charge on any atom is -0.310 e. The van der Waals surface area contributed by atoms with Gasteiger partial charge in [-0.1, -0.05) is 36.7 Å². The van der Waals surface area contributed by atoms with Gasteiger partial charge in [-0.2, -0.15) is 0 Å². The smallest absolute Gasteiger partial charge is 0.0190 e. The van der Waals surface area contributed by atoms with Crippen LogP contribution < -0.4 is 5.32 Å². The van der Waals surface area contributed by atoms with Crippen molar-refractivity contribution in [3.63, 3.8) is 0 Å². The Morgan fingerprint density at radius 2 is 1.82 bits per heavy atom. The van der Waals surface area contributed by atoms with Crippen molar-refractivity contribution in [1.29, 1.82) is 0 Å². The molecule has 2 heteroatoms. The van der Waals surface area contributed by atoms with Gasteiger partial charge in [-0.05, 0) is 19.3 Å². The lowest BCUT2D eigenvalue weighted by Crippen LogP contribution is -2.40. The molecule has 0 aromatic rings. The highest BCUT2D eigenvalue weighted by atomic mass is 79.9. The predicted molar refractivity (Wildman–Crippen MR) is 55.3 cm³/mol. The zero-order valence-electron chi connectivity index (χ0n) is 8.02. The minimum absolute atomic E-state index is 0.616. The number of halogens is 1. The number of hydrogen-bond acceptors (Lipinski definition) is 1. The summed E-state index contributed by atoms with van der Waals surface area (Å²) >= 11 is 3.51. The van der Waals surface area contributed by atoms with E-state index in [1.807, 2.05) is 0 Å². The maximum absolute atomic E-state index is 3.57. The number of hydrogen-bond donors (Lipinski definition) is 1. The van der Waals surface area contributed by atoms with Crippen molar-refractivity contribution in [3.05, 3.63) is 0 Å². The van der Waals surface area contributed by atoms with E-state index in [0.717, 1.165) is 5.33 Å². The molecule has 0 aliphatic rings. The fourth-order valence-corrected chi connectivity index (χ4v) is 1.83. The van der Waals surface area contributed by atoms with Crippen molar-refractivity contribution in [2.45, 2.75) is 46.2 Å². The Bertz CT molecular complexity index is 93.6. The van der Waals surface area contributed by atoms with E-state index in [4.69, 9.17) is 0 Å². The van der Waals surface area contributed by atoms with Crippen LogP contribution in [-0.4, -0.2) is 17.4 Å². The summed E-state index contributed by atoms with van der Waals surface area (Å²) in [7, 11) is 0. The first-order chi connectivity index (χ1) is 5.11. The maximum Gasteiger partial charge on any atom is 0.0190 e. The van der Waals surface area contributed by atoms with Gasteiger partial charge in [-0.25, -0.2) is 0 Å². The van der Waals surface area contributed by atoms with E-state index in [1.54, 1.807) is 0 Å². The van der Waals surface area contributed by atoms with Crippen LogP contribution in [0.1, 0.15) is 34.1 Å². The summed E-state index contributed by atoms with van der Waals surface area (Å²) in [6.45, 7) is 8.95. The molecule has 1 nitrogen and oxygen atoms in total.